The largest absolute Gasteiger partial charge is 0.398 e. The lowest BCUT2D eigenvalue weighted by Gasteiger charge is -2.34. The van der Waals surface area contributed by atoms with E-state index < -0.39 is 0 Å². The summed E-state index contributed by atoms with van der Waals surface area (Å²) in [5.74, 6) is 1.51. The van der Waals surface area contributed by atoms with Gasteiger partial charge in [-0.05, 0) is 36.5 Å². The molecule has 4 rings (SSSR count). The van der Waals surface area contributed by atoms with Crippen LogP contribution in [0.3, 0.4) is 0 Å². The number of aromatic amines is 1. The second-order valence-corrected chi connectivity index (χ2v) is 8.14. The number of aromatic nitrogens is 2. The summed E-state index contributed by atoms with van der Waals surface area (Å²) in [4.78, 5) is 8.53. The van der Waals surface area contributed by atoms with Gasteiger partial charge >= 0.3 is 0 Å². The number of H-pyrrole nitrogens is 1. The molecule has 2 aliphatic carbocycles. The molecular weight excluding hydrogens is 326 g/mol. The zero-order chi connectivity index (χ0) is 15.0. The molecule has 4 heteroatoms. The number of nitrogens with one attached hydrogen (secondary N) is 1. The van der Waals surface area contributed by atoms with Gasteiger partial charge in [0.25, 0.3) is 0 Å². The van der Waals surface area contributed by atoms with Crippen LogP contribution in [-0.4, -0.2) is 9.97 Å². The number of benzene rings is 1. The number of nitrogens with zero attached hydrogens (tertiary/aromatic N) is 1. The first kappa shape index (κ1) is 13.4. The van der Waals surface area contributed by atoms with E-state index in [1.807, 2.05) is 18.2 Å². The summed E-state index contributed by atoms with van der Waals surface area (Å²) in [5, 5.41) is 0. The standard InChI is InChI=1S/C17H20BrN3/c1-16(2)11-6-7-17(16,3)14-13(11)20-15(21-14)10-5-4-9(18)8-12(10)19/h4-5,8,11H,6-7,19H2,1-3H3,(H,20,21). The van der Waals surface area contributed by atoms with E-state index in [2.05, 4.69) is 41.7 Å². The Kier molecular flexibility index (Phi) is 2.49. The molecule has 3 N–H and O–H groups in total. The van der Waals surface area contributed by atoms with Crippen LogP contribution >= 0.6 is 15.9 Å². The summed E-state index contributed by atoms with van der Waals surface area (Å²) in [6.07, 6.45) is 2.49. The zero-order valence-electron chi connectivity index (χ0n) is 12.6. The average Bonchev–Trinajstić information content (AvgIpc) is 2.96. The van der Waals surface area contributed by atoms with Crippen molar-refractivity contribution < 1.29 is 0 Å². The molecule has 0 amide bonds. The Balaban J connectivity index is 1.86. The van der Waals surface area contributed by atoms with Crippen LogP contribution in [0.1, 0.15) is 50.9 Å². The number of rotatable bonds is 1. The van der Waals surface area contributed by atoms with Crippen molar-refractivity contribution in [3.63, 3.8) is 0 Å². The topological polar surface area (TPSA) is 54.7 Å². The van der Waals surface area contributed by atoms with Gasteiger partial charge in [-0.15, -0.1) is 0 Å². The smallest absolute Gasteiger partial charge is 0.139 e. The summed E-state index contributed by atoms with van der Waals surface area (Å²) < 4.78 is 0.996. The third kappa shape index (κ3) is 1.52. The van der Waals surface area contributed by atoms with Gasteiger partial charge in [-0.3, -0.25) is 0 Å². The number of nitrogens with two attached hydrogens (primary N) is 1. The second-order valence-electron chi connectivity index (χ2n) is 7.22. The Hall–Kier alpha value is -1.29. The summed E-state index contributed by atoms with van der Waals surface area (Å²) >= 11 is 3.46. The van der Waals surface area contributed by atoms with Crippen LogP contribution in [0.5, 0.6) is 0 Å². The van der Waals surface area contributed by atoms with Gasteiger partial charge in [0.15, 0.2) is 0 Å². The second kappa shape index (κ2) is 3.92. The van der Waals surface area contributed by atoms with Crippen molar-refractivity contribution in [2.45, 2.75) is 44.9 Å². The minimum absolute atomic E-state index is 0.186. The van der Waals surface area contributed by atoms with Gasteiger partial charge in [-0.1, -0.05) is 36.7 Å². The minimum atomic E-state index is 0.186. The molecule has 2 bridgehead atoms. The fraction of sp³-hybridized carbons (Fsp3) is 0.471. The molecule has 0 aliphatic heterocycles. The molecule has 2 unspecified atom stereocenters. The molecular formula is C17H20BrN3. The van der Waals surface area contributed by atoms with Gasteiger partial charge in [0.2, 0.25) is 0 Å². The quantitative estimate of drug-likeness (QED) is 0.742. The Morgan fingerprint density at radius 2 is 2.10 bits per heavy atom. The molecule has 1 heterocycles. The Morgan fingerprint density at radius 1 is 1.33 bits per heavy atom. The number of hydrogen-bond acceptors (Lipinski definition) is 2. The van der Waals surface area contributed by atoms with Crippen LogP contribution in [-0.2, 0) is 5.41 Å². The lowest BCUT2D eigenvalue weighted by Crippen LogP contribution is -2.31. The van der Waals surface area contributed by atoms with Crippen LogP contribution in [0.2, 0.25) is 0 Å². The highest BCUT2D eigenvalue weighted by molar-refractivity contribution is 9.10. The van der Waals surface area contributed by atoms with Gasteiger partial charge in [-0.25, -0.2) is 4.98 Å². The maximum absolute atomic E-state index is 6.15. The summed E-state index contributed by atoms with van der Waals surface area (Å²) in [6.45, 7) is 7.14. The van der Waals surface area contributed by atoms with E-state index in [0.29, 0.717) is 11.3 Å². The molecule has 1 saturated carbocycles. The first-order valence-corrected chi connectivity index (χ1v) is 8.30. The summed E-state index contributed by atoms with van der Waals surface area (Å²) in [6, 6.07) is 5.98. The molecule has 2 atom stereocenters. The maximum atomic E-state index is 6.15. The first-order valence-electron chi connectivity index (χ1n) is 7.50. The van der Waals surface area contributed by atoms with Crippen molar-refractivity contribution in [1.29, 1.82) is 0 Å². The van der Waals surface area contributed by atoms with Crippen molar-refractivity contribution in [2.24, 2.45) is 5.41 Å². The lowest BCUT2D eigenvalue weighted by molar-refractivity contribution is 0.226. The van der Waals surface area contributed by atoms with E-state index in [4.69, 9.17) is 10.7 Å². The highest BCUT2D eigenvalue weighted by Crippen LogP contribution is 2.67. The molecule has 21 heavy (non-hydrogen) atoms. The number of hydrogen-bond donors (Lipinski definition) is 2. The number of fused-ring (bicyclic) bond motifs is 5. The van der Waals surface area contributed by atoms with Crippen LogP contribution < -0.4 is 5.73 Å². The monoisotopic (exact) mass is 345 g/mol. The fourth-order valence-corrected chi connectivity index (χ4v) is 4.74. The molecule has 1 aromatic carbocycles. The van der Waals surface area contributed by atoms with E-state index in [1.54, 1.807) is 0 Å². The Morgan fingerprint density at radius 3 is 2.76 bits per heavy atom. The molecule has 110 valence electrons. The van der Waals surface area contributed by atoms with E-state index in [0.717, 1.165) is 21.5 Å². The van der Waals surface area contributed by atoms with Gasteiger partial charge in [-0.2, -0.15) is 0 Å². The van der Waals surface area contributed by atoms with E-state index in [1.165, 1.54) is 24.2 Å². The maximum Gasteiger partial charge on any atom is 0.139 e. The third-order valence-electron chi connectivity index (χ3n) is 6.10. The highest BCUT2D eigenvalue weighted by Gasteiger charge is 2.61. The first-order chi connectivity index (χ1) is 9.84. The number of anilines is 1. The van der Waals surface area contributed by atoms with Gasteiger partial charge < -0.3 is 10.7 Å². The molecule has 2 aromatic rings. The molecule has 0 saturated heterocycles. The summed E-state index contributed by atoms with van der Waals surface area (Å²) in [5.41, 5.74) is 11.0. The lowest BCUT2D eigenvalue weighted by atomic mass is 9.70. The van der Waals surface area contributed by atoms with Crippen molar-refractivity contribution >= 4 is 21.6 Å². The predicted molar refractivity (Wildman–Crippen MR) is 89.2 cm³/mol. The number of halogens is 1. The Bertz CT molecular complexity index is 746. The molecule has 3 nitrogen and oxygen atoms in total. The van der Waals surface area contributed by atoms with Gasteiger partial charge in [0, 0.05) is 32.8 Å². The number of imidazole rings is 1. The van der Waals surface area contributed by atoms with Gasteiger partial charge in [0.05, 0.1) is 5.69 Å². The van der Waals surface area contributed by atoms with Gasteiger partial charge in [0.1, 0.15) is 5.82 Å². The normalized spacial score (nSPS) is 28.9. The molecule has 0 radical (unpaired) electrons. The minimum Gasteiger partial charge on any atom is -0.398 e. The van der Waals surface area contributed by atoms with Crippen molar-refractivity contribution in [3.05, 3.63) is 34.1 Å². The van der Waals surface area contributed by atoms with Crippen molar-refractivity contribution in [2.75, 3.05) is 5.73 Å². The van der Waals surface area contributed by atoms with Crippen LogP contribution in [0.15, 0.2) is 22.7 Å². The molecule has 1 aromatic heterocycles. The molecule has 2 aliphatic rings. The number of nitrogen functional groups attached to an aromatic ring is 1. The third-order valence-corrected chi connectivity index (χ3v) is 6.59. The highest BCUT2D eigenvalue weighted by atomic mass is 79.9. The predicted octanol–water partition coefficient (Wildman–Crippen LogP) is 4.60. The van der Waals surface area contributed by atoms with Crippen molar-refractivity contribution in [3.8, 4) is 11.4 Å². The van der Waals surface area contributed by atoms with Crippen molar-refractivity contribution in [1.82, 2.24) is 9.97 Å². The van der Waals surface area contributed by atoms with Crippen LogP contribution in [0.25, 0.3) is 11.4 Å². The van der Waals surface area contributed by atoms with Crippen LogP contribution in [0, 0.1) is 5.41 Å². The van der Waals surface area contributed by atoms with E-state index >= 15 is 0 Å². The average molecular weight is 346 g/mol. The fourth-order valence-electron chi connectivity index (χ4n) is 4.37. The molecule has 0 spiro atoms. The Labute approximate surface area is 133 Å². The van der Waals surface area contributed by atoms with E-state index in [-0.39, 0.29) is 5.41 Å². The summed E-state index contributed by atoms with van der Waals surface area (Å²) in [7, 11) is 0. The van der Waals surface area contributed by atoms with Crippen LogP contribution in [0.4, 0.5) is 5.69 Å². The zero-order valence-corrected chi connectivity index (χ0v) is 14.2. The van der Waals surface area contributed by atoms with E-state index in [9.17, 15) is 0 Å². The molecule has 1 fully saturated rings. The SMILES string of the molecule is CC12CCC(c3[nH]c(-c4ccc(Br)cc4N)nc31)C2(C)C.